The van der Waals surface area contributed by atoms with E-state index in [1.165, 1.54) is 22.3 Å². The molecule has 20 heavy (non-hydrogen) atoms. The number of benzene rings is 2. The molecule has 0 radical (unpaired) electrons. The van der Waals surface area contributed by atoms with E-state index in [4.69, 9.17) is 4.74 Å². The third-order valence-corrected chi connectivity index (χ3v) is 4.94. The molecule has 0 saturated heterocycles. The summed E-state index contributed by atoms with van der Waals surface area (Å²) in [6.45, 7) is 4.33. The lowest BCUT2D eigenvalue weighted by Crippen LogP contribution is -2.05. The van der Waals surface area contributed by atoms with Crippen LogP contribution in [0.2, 0.25) is 0 Å². The smallest absolute Gasteiger partial charge is 0.123 e. The van der Waals surface area contributed by atoms with Crippen molar-refractivity contribution in [3.8, 4) is 5.75 Å². The van der Waals surface area contributed by atoms with Crippen molar-refractivity contribution in [1.82, 2.24) is 0 Å². The minimum atomic E-state index is 0.250. The quantitative estimate of drug-likeness (QED) is 0.715. The van der Waals surface area contributed by atoms with Crippen LogP contribution in [0.1, 0.15) is 40.9 Å². The molecule has 2 unspecified atom stereocenters. The van der Waals surface area contributed by atoms with Crippen LogP contribution in [0.5, 0.6) is 5.75 Å². The van der Waals surface area contributed by atoms with Gasteiger partial charge in [-0.2, -0.15) is 0 Å². The Morgan fingerprint density at radius 1 is 1.25 bits per heavy atom. The molecule has 1 nitrogen and oxygen atoms in total. The second-order valence-electron chi connectivity index (χ2n) is 5.41. The number of rotatable bonds is 3. The number of hydrogen-bond donors (Lipinski definition) is 0. The summed E-state index contributed by atoms with van der Waals surface area (Å²) in [5.41, 5.74) is 5.40. The first-order chi connectivity index (χ1) is 9.69. The number of aryl methyl sites for hydroxylation is 1. The second-order valence-corrected chi connectivity index (χ2v) is 6.33. The standard InChI is InChI=1S/C18H19BrO/c1-3-13-6-4-5-7-16(13)18(19)14-8-9-17-15(11-14)10-12(2)20-17/h4-9,11-12,18H,3,10H2,1-2H3. The molecule has 0 amide bonds. The van der Waals surface area contributed by atoms with Crippen molar-refractivity contribution >= 4 is 15.9 Å². The largest absolute Gasteiger partial charge is 0.490 e. The molecule has 3 rings (SSSR count). The minimum absolute atomic E-state index is 0.250. The van der Waals surface area contributed by atoms with Gasteiger partial charge in [0.05, 0.1) is 4.83 Å². The van der Waals surface area contributed by atoms with Crippen LogP contribution in [0.3, 0.4) is 0 Å². The maximum Gasteiger partial charge on any atom is 0.123 e. The monoisotopic (exact) mass is 330 g/mol. The van der Waals surface area contributed by atoms with Gasteiger partial charge >= 0.3 is 0 Å². The van der Waals surface area contributed by atoms with E-state index in [9.17, 15) is 0 Å². The van der Waals surface area contributed by atoms with Crippen LogP contribution in [-0.2, 0) is 12.8 Å². The summed E-state index contributed by atoms with van der Waals surface area (Å²) < 4.78 is 5.78. The summed E-state index contributed by atoms with van der Waals surface area (Å²) in [5, 5.41) is 0. The lowest BCUT2D eigenvalue weighted by molar-refractivity contribution is 0.254. The molecule has 0 fully saturated rings. The molecule has 2 aromatic carbocycles. The van der Waals surface area contributed by atoms with Gasteiger partial charge in [-0.05, 0) is 41.7 Å². The van der Waals surface area contributed by atoms with Crippen LogP contribution in [0.25, 0.3) is 0 Å². The third kappa shape index (κ3) is 2.49. The summed E-state index contributed by atoms with van der Waals surface area (Å²) in [6, 6.07) is 15.2. The normalized spacial score (nSPS) is 18.4. The molecular weight excluding hydrogens is 312 g/mol. The van der Waals surface area contributed by atoms with Gasteiger partial charge in [0.15, 0.2) is 0 Å². The molecule has 1 aliphatic rings. The Morgan fingerprint density at radius 3 is 2.85 bits per heavy atom. The fraction of sp³-hybridized carbons (Fsp3) is 0.333. The molecule has 2 aromatic rings. The van der Waals surface area contributed by atoms with Crippen molar-refractivity contribution in [2.75, 3.05) is 0 Å². The SMILES string of the molecule is CCc1ccccc1C(Br)c1ccc2c(c1)CC(C)O2. The minimum Gasteiger partial charge on any atom is -0.490 e. The summed E-state index contributed by atoms with van der Waals surface area (Å²) in [7, 11) is 0. The predicted octanol–water partition coefficient (Wildman–Crippen LogP) is 5.06. The first kappa shape index (κ1) is 13.7. The zero-order valence-corrected chi connectivity index (χ0v) is 13.5. The first-order valence-electron chi connectivity index (χ1n) is 7.20. The molecule has 2 atom stereocenters. The molecule has 1 aliphatic heterocycles. The molecule has 2 heteroatoms. The van der Waals surface area contributed by atoms with Crippen LogP contribution in [0.15, 0.2) is 42.5 Å². The number of ether oxygens (including phenoxy) is 1. The van der Waals surface area contributed by atoms with Gasteiger partial charge in [-0.3, -0.25) is 0 Å². The van der Waals surface area contributed by atoms with Crippen LogP contribution in [0.4, 0.5) is 0 Å². The van der Waals surface area contributed by atoms with Crippen molar-refractivity contribution in [2.45, 2.75) is 37.6 Å². The molecular formula is C18H19BrO. The van der Waals surface area contributed by atoms with Crippen LogP contribution in [0, 0.1) is 0 Å². The van der Waals surface area contributed by atoms with E-state index in [2.05, 4.69) is 72.2 Å². The van der Waals surface area contributed by atoms with Gasteiger partial charge in [-0.25, -0.2) is 0 Å². The lowest BCUT2D eigenvalue weighted by Gasteiger charge is -2.15. The van der Waals surface area contributed by atoms with Gasteiger partial charge in [0.2, 0.25) is 0 Å². The lowest BCUT2D eigenvalue weighted by atomic mass is 9.96. The zero-order valence-electron chi connectivity index (χ0n) is 11.9. The summed E-state index contributed by atoms with van der Waals surface area (Å²) in [4.78, 5) is 0.250. The number of halogens is 1. The molecule has 0 spiro atoms. The molecule has 0 saturated carbocycles. The Bertz CT molecular complexity index is 621. The molecule has 104 valence electrons. The fourth-order valence-corrected chi connectivity index (χ4v) is 3.61. The predicted molar refractivity (Wildman–Crippen MR) is 86.8 cm³/mol. The highest BCUT2D eigenvalue weighted by Gasteiger charge is 2.21. The zero-order chi connectivity index (χ0) is 14.1. The third-order valence-electron chi connectivity index (χ3n) is 3.92. The van der Waals surface area contributed by atoms with Gasteiger partial charge in [0.25, 0.3) is 0 Å². The van der Waals surface area contributed by atoms with E-state index >= 15 is 0 Å². The highest BCUT2D eigenvalue weighted by Crippen LogP contribution is 2.37. The van der Waals surface area contributed by atoms with E-state index < -0.39 is 0 Å². The molecule has 0 aliphatic carbocycles. The average molecular weight is 331 g/mol. The molecule has 0 N–H and O–H groups in total. The Hall–Kier alpha value is -1.28. The molecule has 1 heterocycles. The molecule has 0 aromatic heterocycles. The maximum absolute atomic E-state index is 5.78. The van der Waals surface area contributed by atoms with Crippen molar-refractivity contribution in [3.63, 3.8) is 0 Å². The van der Waals surface area contributed by atoms with Gasteiger partial charge in [0.1, 0.15) is 11.9 Å². The van der Waals surface area contributed by atoms with Crippen LogP contribution in [-0.4, -0.2) is 6.10 Å². The number of hydrogen-bond acceptors (Lipinski definition) is 1. The van der Waals surface area contributed by atoms with E-state index in [1.807, 2.05) is 0 Å². The van der Waals surface area contributed by atoms with Gasteiger partial charge in [0, 0.05) is 6.42 Å². The topological polar surface area (TPSA) is 9.23 Å². The molecule has 0 bridgehead atoms. The first-order valence-corrected chi connectivity index (χ1v) is 8.12. The van der Waals surface area contributed by atoms with Crippen molar-refractivity contribution < 1.29 is 4.74 Å². The van der Waals surface area contributed by atoms with E-state index in [1.54, 1.807) is 0 Å². The number of fused-ring (bicyclic) bond motifs is 1. The van der Waals surface area contributed by atoms with Crippen molar-refractivity contribution in [1.29, 1.82) is 0 Å². The Balaban J connectivity index is 1.95. The van der Waals surface area contributed by atoms with Crippen LogP contribution >= 0.6 is 15.9 Å². The Morgan fingerprint density at radius 2 is 2.05 bits per heavy atom. The highest BCUT2D eigenvalue weighted by atomic mass is 79.9. The van der Waals surface area contributed by atoms with E-state index in [0.29, 0.717) is 6.10 Å². The van der Waals surface area contributed by atoms with E-state index in [0.717, 1.165) is 18.6 Å². The Labute approximate surface area is 129 Å². The highest BCUT2D eigenvalue weighted by molar-refractivity contribution is 9.09. The van der Waals surface area contributed by atoms with Crippen molar-refractivity contribution in [2.24, 2.45) is 0 Å². The van der Waals surface area contributed by atoms with Gasteiger partial charge in [-0.1, -0.05) is 59.3 Å². The van der Waals surface area contributed by atoms with Gasteiger partial charge < -0.3 is 4.74 Å². The number of alkyl halides is 1. The summed E-state index contributed by atoms with van der Waals surface area (Å²) in [5.74, 6) is 1.05. The summed E-state index contributed by atoms with van der Waals surface area (Å²) in [6.07, 6.45) is 2.37. The maximum atomic E-state index is 5.78. The van der Waals surface area contributed by atoms with Crippen LogP contribution < -0.4 is 4.74 Å². The second kappa shape index (κ2) is 5.61. The van der Waals surface area contributed by atoms with Crippen molar-refractivity contribution in [3.05, 3.63) is 64.7 Å². The summed E-state index contributed by atoms with van der Waals surface area (Å²) >= 11 is 3.87. The Kier molecular flexibility index (Phi) is 3.84. The van der Waals surface area contributed by atoms with Gasteiger partial charge in [-0.15, -0.1) is 0 Å². The average Bonchev–Trinajstić information content (AvgIpc) is 2.85. The fourth-order valence-electron chi connectivity index (χ4n) is 2.88. The van der Waals surface area contributed by atoms with E-state index in [-0.39, 0.29) is 4.83 Å².